The zero-order valence-corrected chi connectivity index (χ0v) is 18.6. The lowest BCUT2D eigenvalue weighted by atomic mass is 10.2. The largest absolute Gasteiger partial charge is 0.493 e. The Balaban J connectivity index is 1.50. The summed E-state index contributed by atoms with van der Waals surface area (Å²) >= 11 is 6.16. The van der Waals surface area contributed by atoms with E-state index >= 15 is 0 Å². The van der Waals surface area contributed by atoms with Crippen molar-refractivity contribution in [3.63, 3.8) is 0 Å². The fourth-order valence-corrected chi connectivity index (χ4v) is 3.06. The average molecular weight is 458 g/mol. The molecule has 3 aromatic rings. The summed E-state index contributed by atoms with van der Waals surface area (Å²) < 4.78 is 16.5. The molecular formula is C23H24ClN3O5. The molecule has 1 heterocycles. The number of methoxy groups -OCH3 is 1. The Hall–Kier alpha value is -3.52. The van der Waals surface area contributed by atoms with Crippen LogP contribution in [0.5, 0.6) is 11.5 Å². The molecule has 0 atom stereocenters. The number of carbonyl (C=O) groups excluding carboxylic acids is 2. The maximum atomic E-state index is 12.3. The quantitative estimate of drug-likeness (QED) is 0.467. The fraction of sp³-hybridized carbons (Fsp3) is 0.261. The van der Waals surface area contributed by atoms with Crippen LogP contribution in [0.3, 0.4) is 0 Å². The smallest absolute Gasteiger partial charge is 0.269 e. The summed E-state index contributed by atoms with van der Waals surface area (Å²) in [6.07, 6.45) is 2.77. The highest BCUT2D eigenvalue weighted by Crippen LogP contribution is 2.29. The molecule has 2 amide bonds. The van der Waals surface area contributed by atoms with E-state index < -0.39 is 5.91 Å². The van der Waals surface area contributed by atoms with Gasteiger partial charge in [0.25, 0.3) is 5.91 Å². The van der Waals surface area contributed by atoms with E-state index in [-0.39, 0.29) is 18.7 Å². The number of aryl methyl sites for hydroxylation is 1. The Bertz CT molecular complexity index is 1080. The van der Waals surface area contributed by atoms with Crippen LogP contribution < -0.4 is 20.3 Å². The third-order valence-electron chi connectivity index (χ3n) is 4.46. The van der Waals surface area contributed by atoms with Gasteiger partial charge in [-0.1, -0.05) is 30.7 Å². The van der Waals surface area contributed by atoms with Crippen LogP contribution in [0.15, 0.2) is 53.1 Å². The molecule has 2 aromatic carbocycles. The van der Waals surface area contributed by atoms with E-state index in [1.54, 1.807) is 30.5 Å². The minimum absolute atomic E-state index is 0.0792. The van der Waals surface area contributed by atoms with Gasteiger partial charge in [-0.3, -0.25) is 20.4 Å². The number of nitrogens with zero attached hydrogens (tertiary/aromatic N) is 1. The normalized spacial score (nSPS) is 10.5. The number of aromatic nitrogens is 1. The maximum absolute atomic E-state index is 12.3. The summed E-state index contributed by atoms with van der Waals surface area (Å²) in [6.45, 7) is 2.54. The Morgan fingerprint density at radius 1 is 1.12 bits per heavy atom. The number of amides is 2. The number of oxazole rings is 1. The lowest BCUT2D eigenvalue weighted by Crippen LogP contribution is -2.41. The van der Waals surface area contributed by atoms with E-state index in [0.29, 0.717) is 40.3 Å². The van der Waals surface area contributed by atoms with Gasteiger partial charge in [0.15, 0.2) is 23.1 Å². The second-order valence-corrected chi connectivity index (χ2v) is 7.22. The maximum Gasteiger partial charge on any atom is 0.269 e. The number of hydrogen-bond acceptors (Lipinski definition) is 6. The van der Waals surface area contributed by atoms with Crippen molar-refractivity contribution >= 4 is 23.4 Å². The first-order valence-electron chi connectivity index (χ1n) is 10.1. The highest BCUT2D eigenvalue weighted by Gasteiger charge is 2.14. The van der Waals surface area contributed by atoms with Gasteiger partial charge in [-0.05, 0) is 36.8 Å². The molecule has 168 valence electrons. The zero-order chi connectivity index (χ0) is 22.9. The van der Waals surface area contributed by atoms with Gasteiger partial charge < -0.3 is 13.9 Å². The molecule has 0 bridgehead atoms. The van der Waals surface area contributed by atoms with Gasteiger partial charge in [-0.15, -0.1) is 0 Å². The Labute approximate surface area is 190 Å². The second-order valence-electron chi connectivity index (χ2n) is 6.81. The number of halogens is 1. The second kappa shape index (κ2) is 11.2. The molecule has 0 aliphatic rings. The lowest BCUT2D eigenvalue weighted by molar-refractivity contribution is -0.121. The van der Waals surface area contributed by atoms with Crippen LogP contribution in [0, 0.1) is 0 Å². The molecule has 2 N–H and O–H groups in total. The molecule has 32 heavy (non-hydrogen) atoms. The molecule has 0 fully saturated rings. The summed E-state index contributed by atoms with van der Waals surface area (Å²) in [5, 5.41) is 0.553. The summed E-state index contributed by atoms with van der Waals surface area (Å²) in [6, 6.07) is 12.1. The molecular weight excluding hydrogens is 434 g/mol. The van der Waals surface area contributed by atoms with Gasteiger partial charge in [0.2, 0.25) is 5.91 Å². The van der Waals surface area contributed by atoms with Crippen LogP contribution in [0.25, 0.3) is 11.3 Å². The first-order valence-corrected chi connectivity index (χ1v) is 10.5. The molecule has 0 aliphatic heterocycles. The molecule has 0 saturated heterocycles. The highest BCUT2D eigenvalue weighted by molar-refractivity contribution is 6.33. The van der Waals surface area contributed by atoms with E-state index in [4.69, 9.17) is 25.5 Å². The van der Waals surface area contributed by atoms with E-state index in [0.717, 1.165) is 12.0 Å². The van der Waals surface area contributed by atoms with Crippen LogP contribution in [-0.4, -0.2) is 30.5 Å². The molecule has 8 nitrogen and oxygen atoms in total. The number of benzene rings is 2. The van der Waals surface area contributed by atoms with Crippen LogP contribution in [0.4, 0.5) is 0 Å². The van der Waals surface area contributed by atoms with Crippen molar-refractivity contribution in [1.82, 2.24) is 15.8 Å². The number of carbonyl (C=O) groups is 2. The highest BCUT2D eigenvalue weighted by atomic mass is 35.5. The van der Waals surface area contributed by atoms with Crippen molar-refractivity contribution < 1.29 is 23.5 Å². The zero-order valence-electron chi connectivity index (χ0n) is 17.8. The topological polar surface area (TPSA) is 103 Å². The average Bonchev–Trinajstić information content (AvgIpc) is 3.28. The molecule has 0 saturated carbocycles. The van der Waals surface area contributed by atoms with Crippen LogP contribution in [0.2, 0.25) is 5.02 Å². The van der Waals surface area contributed by atoms with Crippen LogP contribution >= 0.6 is 11.6 Å². The van der Waals surface area contributed by atoms with E-state index in [1.165, 1.54) is 7.11 Å². The number of ether oxygens (including phenoxy) is 2. The SMILES string of the molecule is CCCOc1ccc(C(=O)NNC(=O)CCc2ncc(-c3ccccc3Cl)o2)cc1OC. The van der Waals surface area contributed by atoms with Gasteiger partial charge in [-0.2, -0.15) is 0 Å². The summed E-state index contributed by atoms with van der Waals surface area (Å²) in [7, 11) is 1.50. The minimum atomic E-state index is -0.476. The monoisotopic (exact) mass is 457 g/mol. The first kappa shape index (κ1) is 23.1. The fourth-order valence-electron chi connectivity index (χ4n) is 2.83. The van der Waals surface area contributed by atoms with E-state index in [9.17, 15) is 9.59 Å². The van der Waals surface area contributed by atoms with Gasteiger partial charge in [0.05, 0.1) is 24.9 Å². The Morgan fingerprint density at radius 3 is 2.69 bits per heavy atom. The van der Waals surface area contributed by atoms with Gasteiger partial charge in [0, 0.05) is 24.0 Å². The summed E-state index contributed by atoms with van der Waals surface area (Å²) in [4.78, 5) is 28.6. The standard InChI is InChI=1S/C23H24ClN3O5/c1-3-12-31-18-9-8-15(13-19(18)30-2)23(29)27-26-21(28)10-11-22-25-14-20(32-22)16-6-4-5-7-17(16)24/h4-9,13-14H,3,10-12H2,1-2H3,(H,26,28)(H,27,29). The number of hydrazine groups is 1. The van der Waals surface area contributed by atoms with E-state index in [2.05, 4.69) is 15.8 Å². The number of rotatable bonds is 9. The van der Waals surface area contributed by atoms with Gasteiger partial charge in [0.1, 0.15) is 0 Å². The molecule has 0 aliphatic carbocycles. The van der Waals surface area contributed by atoms with Crippen molar-refractivity contribution in [3.05, 3.63) is 65.1 Å². The Morgan fingerprint density at radius 2 is 1.94 bits per heavy atom. The number of nitrogens with one attached hydrogen (secondary N) is 2. The third kappa shape index (κ3) is 6.01. The van der Waals surface area contributed by atoms with Crippen LogP contribution in [0.1, 0.15) is 36.0 Å². The molecule has 0 radical (unpaired) electrons. The van der Waals surface area contributed by atoms with Crippen molar-refractivity contribution in [3.8, 4) is 22.8 Å². The van der Waals surface area contributed by atoms with Gasteiger partial charge >= 0.3 is 0 Å². The van der Waals surface area contributed by atoms with E-state index in [1.807, 2.05) is 25.1 Å². The summed E-state index contributed by atoms with van der Waals surface area (Å²) in [5.41, 5.74) is 5.82. The summed E-state index contributed by atoms with van der Waals surface area (Å²) in [5.74, 6) is 1.06. The van der Waals surface area contributed by atoms with Crippen molar-refractivity contribution in [2.75, 3.05) is 13.7 Å². The predicted octanol–water partition coefficient (Wildman–Crippen LogP) is 4.19. The Kier molecular flexibility index (Phi) is 8.10. The third-order valence-corrected chi connectivity index (χ3v) is 4.79. The minimum Gasteiger partial charge on any atom is -0.493 e. The molecule has 3 rings (SSSR count). The number of hydrogen-bond donors (Lipinski definition) is 2. The first-order chi connectivity index (χ1) is 15.5. The predicted molar refractivity (Wildman–Crippen MR) is 120 cm³/mol. The lowest BCUT2D eigenvalue weighted by Gasteiger charge is -2.12. The van der Waals surface area contributed by atoms with Crippen LogP contribution in [-0.2, 0) is 11.2 Å². The molecule has 9 heteroatoms. The van der Waals surface area contributed by atoms with Crippen molar-refractivity contribution in [1.29, 1.82) is 0 Å². The van der Waals surface area contributed by atoms with Crippen molar-refractivity contribution in [2.45, 2.75) is 26.2 Å². The molecule has 1 aromatic heterocycles. The molecule has 0 unspecified atom stereocenters. The van der Waals surface area contributed by atoms with Gasteiger partial charge in [-0.25, -0.2) is 4.98 Å². The molecule has 0 spiro atoms. The van der Waals surface area contributed by atoms with Crippen molar-refractivity contribution in [2.24, 2.45) is 0 Å².